The van der Waals surface area contributed by atoms with E-state index in [1.165, 1.54) is 82.5 Å². The van der Waals surface area contributed by atoms with Crippen molar-refractivity contribution in [1.29, 1.82) is 0 Å². The molecule has 0 aliphatic carbocycles. The van der Waals surface area contributed by atoms with E-state index in [2.05, 4.69) is 427 Å². The number of hydrogen-bond acceptors (Lipinski definition) is 20. The molecule has 0 rings (SSSR count). The summed E-state index contributed by atoms with van der Waals surface area (Å²) in [5, 5.41) is 42.8. The number of carbonyl (C=O) groups is 12. The normalized spacial score (nSPS) is 8.42. The van der Waals surface area contributed by atoms with E-state index in [-0.39, 0.29) is 242 Å². The summed E-state index contributed by atoms with van der Waals surface area (Å²) in [5.74, 6) is -3.16. The van der Waals surface area contributed by atoms with Gasteiger partial charge in [0.15, 0.2) is 0 Å². The fourth-order valence-electron chi connectivity index (χ4n) is 5.41. The number of nitrogens with one attached hydrogen (secondary N) is 4. The minimum Gasteiger partial charge on any atom is -0.481 e. The van der Waals surface area contributed by atoms with E-state index < -0.39 is 35.0 Å². The van der Waals surface area contributed by atoms with Crippen LogP contribution in [-0.4, -0.2) is 241 Å². The number of carboxylic acid groups (broad SMARTS) is 4. The molecule has 0 heterocycles. The van der Waals surface area contributed by atoms with E-state index in [1.807, 2.05) is 118 Å². The Morgan fingerprint density at radius 3 is 0.444 bits per heavy atom. The second kappa shape index (κ2) is 175. The largest absolute Gasteiger partial charge is 0.481 e. The fraction of sp³-hybridized carbons (Fsp3) is 0.791. The molecule has 6 radical (unpaired) electrons. The first-order chi connectivity index (χ1) is 52.2. The summed E-state index contributed by atoms with van der Waals surface area (Å²) in [6.45, 7) is 63.5. The molecule has 834 valence electrons. The van der Waals surface area contributed by atoms with Gasteiger partial charge in [0.05, 0.1) is 22.2 Å². The van der Waals surface area contributed by atoms with Gasteiger partial charge < -0.3 is 209 Å². The van der Waals surface area contributed by atoms with Crippen LogP contribution in [0.4, 0.5) is 0 Å². The summed E-state index contributed by atoms with van der Waals surface area (Å²) in [4.78, 5) is 130. The Labute approximate surface area is 1080 Å². The van der Waals surface area contributed by atoms with Crippen LogP contribution < -0.4 is 44.2 Å². The zero-order valence-corrected chi connectivity index (χ0v) is 121. The Hall–Kier alpha value is 7.12. The number of carbonyl (C=O) groups excluding carboxylic acids is 8. The third-order valence-corrected chi connectivity index (χ3v) is 17.5. The Morgan fingerprint density at radius 1 is 0.331 bits per heavy atom. The number of hydrogen-bond donors (Lipinski definition) is 12. The molecular formula is C86H207I13N12O16V6-6. The van der Waals surface area contributed by atoms with Crippen molar-refractivity contribution in [2.75, 3.05) is 84.6 Å². The average molecular weight is 3620 g/mol. The standard InChI is InChI=1S/C12H24N2O2.2C10H22N2O.2C9H21N.4C2H4O2.4C2H4O.2CHI3.CI3.CHI2.2CH2I.4CH5N.8CH4.2CH3.6V/c1-9(15)13(7)11(3,4)12(5,6)14(8)10(2)16;2*1-8(13)12(7)10(4,5)9(2,3)11-6;2*1-7-8(2,3)9(4,5)10-6;4*1-2(3)4;4*1-2-3;3*2-1(3)4;2-1-3;6*1-2;;;;;;;;;;;;;;;;/h1-8H3;2*11H,1-7H3;2*10H,7H2,1-6H3;4*1H3,(H,3,4);4*2H,1H3;2*1H;;1H;2*1H2;4*2H2,1H3;8*1H4;2*1H3;;;;;;/q;;;;;;;;;;;;;;;4*-1;;;;;;;;;;;;;2*-1;;;;;;. The number of carboxylic acids is 4. The smallest absolute Gasteiger partial charge is 0.300 e. The zero-order valence-electron chi connectivity index (χ0n) is 84.8. The van der Waals surface area contributed by atoms with Gasteiger partial charge in [-0.2, -0.15) is 0 Å². The van der Waals surface area contributed by atoms with Gasteiger partial charge in [0, 0.05) is 217 Å². The third-order valence-electron chi connectivity index (χ3n) is 17.5. The molecule has 0 atom stereocenters. The number of nitrogens with two attached hydrogens (primary N) is 4. The molecule has 4 amide bonds. The number of alkyl halides is 6. The predicted molar refractivity (Wildman–Crippen MR) is 686 cm³/mol. The van der Waals surface area contributed by atoms with E-state index in [0.717, 1.165) is 52.7 Å². The van der Waals surface area contributed by atoms with E-state index >= 15 is 0 Å². The number of amides is 4. The van der Waals surface area contributed by atoms with E-state index in [0.29, 0.717) is 10.8 Å². The summed E-state index contributed by atoms with van der Waals surface area (Å²) in [6.07, 6.45) is 5.42. The molecule has 0 bridgehead atoms. The summed E-state index contributed by atoms with van der Waals surface area (Å²) in [6, 6.07) is 0. The van der Waals surface area contributed by atoms with Crippen LogP contribution in [0.1, 0.15) is 308 Å². The predicted octanol–water partition coefficient (Wildman–Crippen LogP) is 26.6. The van der Waals surface area contributed by atoms with Crippen molar-refractivity contribution in [2.45, 2.75) is 352 Å². The molecule has 0 aliphatic heterocycles. The van der Waals surface area contributed by atoms with Crippen molar-refractivity contribution < 1.29 is 189 Å². The maximum atomic E-state index is 11.5. The second-order valence-corrected chi connectivity index (χ2v) is 61.2. The molecule has 0 saturated heterocycles. The van der Waals surface area contributed by atoms with Crippen LogP contribution in [0.25, 0.3) is 0 Å². The van der Waals surface area contributed by atoms with E-state index in [4.69, 9.17) is 58.8 Å². The van der Waals surface area contributed by atoms with Gasteiger partial charge in [-0.25, -0.2) is 2.43 Å². The molecule has 0 aromatic carbocycles. The zero-order chi connectivity index (χ0) is 102. The summed E-state index contributed by atoms with van der Waals surface area (Å²) in [7, 11) is 21.1. The molecule has 0 saturated carbocycles. The number of rotatable bonds is 15. The Bertz CT molecular complexity index is 2020. The average Bonchev–Trinajstić information content (AvgIpc) is 0.892. The van der Waals surface area contributed by atoms with Crippen molar-refractivity contribution in [2.24, 2.45) is 33.8 Å². The van der Waals surface area contributed by atoms with Gasteiger partial charge in [-0.05, 0) is 219 Å². The van der Waals surface area contributed by atoms with Crippen LogP contribution >= 0.6 is 294 Å². The second-order valence-electron chi connectivity index (χ2n) is 26.3. The number of halogens is 13. The molecule has 16 N–H and O–H groups in total. The van der Waals surface area contributed by atoms with Gasteiger partial charge in [-0.15, -0.1) is -0.0619 Å². The summed E-state index contributed by atoms with van der Waals surface area (Å²) >= 11 is 28.7. The van der Waals surface area contributed by atoms with Crippen molar-refractivity contribution in [1.82, 2.24) is 40.9 Å². The molecule has 0 unspecified atom stereocenters. The monoisotopic (exact) mass is 3620 g/mol. The number of aliphatic carboxylic acids is 4. The summed E-state index contributed by atoms with van der Waals surface area (Å²) < 4.78 is 4.75. The van der Waals surface area contributed by atoms with Crippen LogP contribution in [0, 0.1) is 37.9 Å². The molecule has 133 heavy (non-hydrogen) atoms. The number of aldehydes is 4. The SMILES string of the molecule is C.C.C.C.C.C.C.C.CC(=O)N(C)C(C)(C)C(C)(C)N(C)C(C)=O.CC(=O)O.CC(=O)O.CC(=O)O.CC(=O)O.CC=O.CC=O.CC=O.CC=O.CCC(C)(C)C(C)(C)NC.CCC(C)(C)C(C)(C)NC.CN.CN.CN.CN.CNC(C)(C)C(C)(C)N(C)C(C)=O.CNC(C)(C)C(C)(C)N(C)C(C)=O.IC(I)I.IC(I)I.I[C-](I)I.I[CH-]I.[CH2-]I.[CH2-]I.[CH3-].[CH3-].[V].[V].[V].[V].[V].[V]. The Morgan fingerprint density at radius 2 is 0.398 bits per heavy atom. The van der Waals surface area contributed by atoms with Crippen LogP contribution in [0.3, 0.4) is 0 Å². The quantitative estimate of drug-likeness (QED) is 0.0313. The molecule has 47 heteroatoms. The molecule has 0 aliphatic rings. The van der Waals surface area contributed by atoms with Gasteiger partial charge in [0.2, 0.25) is 23.6 Å². The van der Waals surface area contributed by atoms with Gasteiger partial charge in [0.25, 0.3) is 23.9 Å². The van der Waals surface area contributed by atoms with Crippen molar-refractivity contribution >= 4 is 366 Å². The van der Waals surface area contributed by atoms with Crippen LogP contribution in [0.15, 0.2) is 0 Å². The number of likely N-dealkylation sites (N-methyl/N-ethyl adjacent to an activating group) is 6. The van der Waals surface area contributed by atoms with Gasteiger partial charge >= 0.3 is 0 Å². The summed E-state index contributed by atoms with van der Waals surface area (Å²) in [5.41, 5.74) is 17.8. The maximum absolute atomic E-state index is 11.5. The van der Waals surface area contributed by atoms with Crippen LogP contribution in [0.5, 0.6) is 0 Å². The third kappa shape index (κ3) is 216. The molecular weight excluding hydrogens is 3410 g/mol. The molecule has 28 nitrogen and oxygen atoms in total. The van der Waals surface area contributed by atoms with E-state index in [9.17, 15) is 19.2 Å². The van der Waals surface area contributed by atoms with E-state index in [1.54, 1.807) is 47.5 Å². The molecule has 0 aromatic rings. The van der Waals surface area contributed by atoms with Crippen LogP contribution in [-0.2, 0) is 169 Å². The van der Waals surface area contributed by atoms with Gasteiger partial charge in [-0.3, -0.25) is 116 Å². The number of nitrogens with zero attached hydrogens (tertiary/aromatic N) is 4. The Kier molecular flexibility index (Phi) is 349. The van der Waals surface area contributed by atoms with Crippen molar-refractivity contribution in [3.63, 3.8) is 0 Å². The minimum atomic E-state index is -0.833. The van der Waals surface area contributed by atoms with Gasteiger partial charge in [0.1, 0.15) is 25.0 Å². The molecule has 0 fully saturated rings. The topological polar surface area (TPSA) is 451 Å². The van der Waals surface area contributed by atoms with Gasteiger partial charge in [-0.1, -0.05) is 237 Å². The molecule has 0 spiro atoms. The van der Waals surface area contributed by atoms with Crippen molar-refractivity contribution in [3.8, 4) is 0 Å². The first kappa shape index (κ1) is 265. The fourth-order valence-corrected chi connectivity index (χ4v) is 5.41. The molecule has 0 aromatic heterocycles. The first-order valence-electron chi connectivity index (χ1n) is 34.9. The van der Waals surface area contributed by atoms with Crippen LogP contribution in [0.2, 0.25) is 0 Å². The first-order valence-corrected chi connectivity index (χ1v) is 51.1. The maximum Gasteiger partial charge on any atom is 0.300 e. The van der Waals surface area contributed by atoms with Crippen molar-refractivity contribution in [3.05, 3.63) is 27.1 Å². The minimum absolute atomic E-state index is 0. The Balaban J connectivity index is -0.0000000193.